The molecule has 1 heterocycles. The number of nitrogens with zero attached hydrogens (tertiary/aromatic N) is 1. The fourth-order valence-electron chi connectivity index (χ4n) is 2.95. The van der Waals surface area contributed by atoms with Crippen LogP contribution in [-0.4, -0.2) is 12.6 Å². The van der Waals surface area contributed by atoms with E-state index in [-0.39, 0.29) is 0 Å². The largest absolute Gasteiger partial charge is 0.368 e. The van der Waals surface area contributed by atoms with Crippen LogP contribution in [0.3, 0.4) is 0 Å². The fourth-order valence-corrected chi connectivity index (χ4v) is 3.53. The molecule has 0 saturated carbocycles. The molecule has 0 spiro atoms. The van der Waals surface area contributed by atoms with Crippen LogP contribution in [0.1, 0.15) is 32.8 Å². The normalized spacial score (nSPS) is 28.5. The maximum atomic E-state index is 6.08. The third-order valence-electron chi connectivity index (χ3n) is 4.10. The maximum Gasteiger partial charge on any atom is 0.0494 e. The van der Waals surface area contributed by atoms with Gasteiger partial charge >= 0.3 is 0 Å². The highest BCUT2D eigenvalue weighted by atomic mass is 79.9. The van der Waals surface area contributed by atoms with Crippen LogP contribution in [0.2, 0.25) is 0 Å². The van der Waals surface area contributed by atoms with Crippen molar-refractivity contribution in [1.29, 1.82) is 0 Å². The molecule has 0 aliphatic carbocycles. The molecular formula is C15H21BrClN. The van der Waals surface area contributed by atoms with E-state index in [4.69, 9.17) is 11.6 Å². The van der Waals surface area contributed by atoms with Crippen LogP contribution in [0.25, 0.3) is 0 Å². The zero-order chi connectivity index (χ0) is 13.3. The molecule has 1 aliphatic heterocycles. The minimum Gasteiger partial charge on any atom is -0.368 e. The molecule has 100 valence electrons. The molecule has 3 atom stereocenters. The molecule has 0 aromatic heterocycles. The van der Waals surface area contributed by atoms with Gasteiger partial charge in [-0.2, -0.15) is 0 Å². The number of piperidine rings is 1. The highest BCUT2D eigenvalue weighted by molar-refractivity contribution is 9.10. The van der Waals surface area contributed by atoms with Gasteiger partial charge in [0.25, 0.3) is 0 Å². The quantitative estimate of drug-likeness (QED) is 0.685. The van der Waals surface area contributed by atoms with Crippen LogP contribution in [0.5, 0.6) is 0 Å². The van der Waals surface area contributed by atoms with Crippen LogP contribution < -0.4 is 4.90 Å². The first-order valence-corrected chi connectivity index (χ1v) is 7.96. The lowest BCUT2D eigenvalue weighted by atomic mass is 9.85. The average molecular weight is 331 g/mol. The fraction of sp³-hybridized carbons (Fsp3) is 0.600. The number of rotatable bonds is 2. The van der Waals surface area contributed by atoms with E-state index in [9.17, 15) is 0 Å². The zero-order valence-corrected chi connectivity index (χ0v) is 13.6. The lowest BCUT2D eigenvalue weighted by Gasteiger charge is -2.43. The van der Waals surface area contributed by atoms with Gasteiger partial charge in [0, 0.05) is 28.6 Å². The number of halogens is 2. The molecule has 0 radical (unpaired) electrons. The number of alkyl halides is 1. The highest BCUT2D eigenvalue weighted by Gasteiger charge is 2.29. The van der Waals surface area contributed by atoms with Crippen LogP contribution in [0, 0.1) is 11.8 Å². The Bertz CT molecular complexity index is 421. The van der Waals surface area contributed by atoms with Gasteiger partial charge in [0.15, 0.2) is 0 Å². The van der Waals surface area contributed by atoms with Crippen molar-refractivity contribution >= 4 is 33.2 Å². The Balaban J connectivity index is 2.37. The van der Waals surface area contributed by atoms with Crippen molar-refractivity contribution in [3.63, 3.8) is 0 Å². The summed E-state index contributed by atoms with van der Waals surface area (Å²) in [5, 5.41) is 0. The second-order valence-electron chi connectivity index (χ2n) is 5.62. The van der Waals surface area contributed by atoms with E-state index < -0.39 is 0 Å². The molecule has 0 amide bonds. The Morgan fingerprint density at radius 1 is 1.33 bits per heavy atom. The summed E-state index contributed by atoms with van der Waals surface area (Å²) < 4.78 is 1.13. The first-order chi connectivity index (χ1) is 8.52. The van der Waals surface area contributed by atoms with Gasteiger partial charge in [0.1, 0.15) is 0 Å². The highest BCUT2D eigenvalue weighted by Crippen LogP contribution is 2.35. The van der Waals surface area contributed by atoms with Crippen molar-refractivity contribution in [1.82, 2.24) is 0 Å². The van der Waals surface area contributed by atoms with Crippen molar-refractivity contribution in [3.05, 3.63) is 28.2 Å². The Morgan fingerprint density at radius 2 is 2.06 bits per heavy atom. The van der Waals surface area contributed by atoms with Crippen LogP contribution in [0.4, 0.5) is 5.69 Å². The summed E-state index contributed by atoms with van der Waals surface area (Å²) in [6, 6.07) is 6.99. The number of benzene rings is 1. The van der Waals surface area contributed by atoms with E-state index in [1.807, 2.05) is 0 Å². The zero-order valence-electron chi connectivity index (χ0n) is 11.3. The van der Waals surface area contributed by atoms with Gasteiger partial charge in [-0.1, -0.05) is 35.8 Å². The molecule has 1 fully saturated rings. The Labute approximate surface area is 124 Å². The van der Waals surface area contributed by atoms with Crippen LogP contribution >= 0.6 is 27.5 Å². The number of hydrogen-bond acceptors (Lipinski definition) is 1. The molecular weight excluding hydrogens is 310 g/mol. The van der Waals surface area contributed by atoms with Crippen LogP contribution in [0.15, 0.2) is 22.7 Å². The van der Waals surface area contributed by atoms with Crippen molar-refractivity contribution in [3.8, 4) is 0 Å². The predicted molar refractivity (Wildman–Crippen MR) is 83.5 cm³/mol. The second-order valence-corrected chi connectivity index (χ2v) is 6.80. The molecule has 1 aromatic rings. The summed E-state index contributed by atoms with van der Waals surface area (Å²) >= 11 is 9.65. The van der Waals surface area contributed by atoms with Crippen molar-refractivity contribution in [2.24, 2.45) is 11.8 Å². The van der Waals surface area contributed by atoms with Gasteiger partial charge in [-0.05, 0) is 42.9 Å². The first kappa shape index (κ1) is 14.2. The summed E-state index contributed by atoms with van der Waals surface area (Å²) in [6.07, 6.45) is 1.32. The van der Waals surface area contributed by atoms with Gasteiger partial charge in [-0.25, -0.2) is 0 Å². The molecule has 1 saturated heterocycles. The molecule has 3 unspecified atom stereocenters. The van der Waals surface area contributed by atoms with Crippen molar-refractivity contribution in [2.45, 2.75) is 39.1 Å². The van der Waals surface area contributed by atoms with Crippen molar-refractivity contribution < 1.29 is 0 Å². The van der Waals surface area contributed by atoms with E-state index in [2.05, 4.69) is 59.8 Å². The molecule has 18 heavy (non-hydrogen) atoms. The van der Waals surface area contributed by atoms with Crippen LogP contribution in [-0.2, 0) is 5.88 Å². The lowest BCUT2D eigenvalue weighted by molar-refractivity contribution is 0.296. The number of hydrogen-bond donors (Lipinski definition) is 0. The monoisotopic (exact) mass is 329 g/mol. The molecule has 1 aromatic carbocycles. The average Bonchev–Trinajstić information content (AvgIpc) is 2.33. The van der Waals surface area contributed by atoms with Gasteiger partial charge in [-0.15, -0.1) is 11.6 Å². The van der Waals surface area contributed by atoms with Crippen molar-refractivity contribution in [2.75, 3.05) is 11.4 Å². The molecule has 1 aliphatic rings. The van der Waals surface area contributed by atoms with E-state index >= 15 is 0 Å². The standard InChI is InChI=1S/C15H21BrClN/c1-10-6-11(2)12(3)18(9-10)15-7-14(16)5-4-13(15)8-17/h4-5,7,10-12H,6,8-9H2,1-3H3. The second kappa shape index (κ2) is 5.83. The minimum atomic E-state index is 0.578. The van der Waals surface area contributed by atoms with E-state index in [1.165, 1.54) is 17.7 Å². The topological polar surface area (TPSA) is 3.24 Å². The first-order valence-electron chi connectivity index (χ1n) is 6.64. The summed E-state index contributed by atoms with van der Waals surface area (Å²) in [4.78, 5) is 2.53. The SMILES string of the molecule is CC1CC(C)C(C)N(c2cc(Br)ccc2CCl)C1. The van der Waals surface area contributed by atoms with E-state index in [0.29, 0.717) is 11.9 Å². The number of anilines is 1. The molecule has 1 nitrogen and oxygen atoms in total. The third-order valence-corrected chi connectivity index (χ3v) is 4.88. The Hall–Kier alpha value is -0.210. The minimum absolute atomic E-state index is 0.578. The molecule has 0 N–H and O–H groups in total. The summed E-state index contributed by atoms with van der Waals surface area (Å²) in [7, 11) is 0. The van der Waals surface area contributed by atoms with Gasteiger partial charge < -0.3 is 4.90 Å². The van der Waals surface area contributed by atoms with Gasteiger partial charge in [-0.3, -0.25) is 0 Å². The summed E-state index contributed by atoms with van der Waals surface area (Å²) in [6.45, 7) is 8.15. The molecule has 0 bridgehead atoms. The maximum absolute atomic E-state index is 6.08. The molecule has 3 heteroatoms. The Kier molecular flexibility index (Phi) is 4.60. The Morgan fingerprint density at radius 3 is 2.72 bits per heavy atom. The van der Waals surface area contributed by atoms with E-state index in [0.717, 1.165) is 22.9 Å². The summed E-state index contributed by atoms with van der Waals surface area (Å²) in [5.74, 6) is 2.06. The van der Waals surface area contributed by atoms with Gasteiger partial charge in [0.05, 0.1) is 0 Å². The smallest absolute Gasteiger partial charge is 0.0494 e. The molecule has 2 rings (SSSR count). The third kappa shape index (κ3) is 2.85. The predicted octanol–water partition coefficient (Wildman–Crippen LogP) is 5.06. The van der Waals surface area contributed by atoms with Gasteiger partial charge in [0.2, 0.25) is 0 Å². The summed E-state index contributed by atoms with van der Waals surface area (Å²) in [5.41, 5.74) is 2.53. The lowest BCUT2D eigenvalue weighted by Crippen LogP contribution is -2.46. The van der Waals surface area contributed by atoms with E-state index in [1.54, 1.807) is 0 Å².